The zero-order chi connectivity index (χ0) is 8.85. The standard InChI is InChI=1S/C5H7NO5/c1-10-3-4(6(8)9)5(7)11-2/h3H,1-2H3/b4-3-. The number of rotatable bonds is 3. The van der Waals surface area contributed by atoms with E-state index in [1.807, 2.05) is 0 Å². The summed E-state index contributed by atoms with van der Waals surface area (Å²) in [6.45, 7) is 0. The molecule has 0 amide bonds. The van der Waals surface area contributed by atoms with Crippen LogP contribution in [0.15, 0.2) is 12.0 Å². The van der Waals surface area contributed by atoms with Crippen molar-refractivity contribution < 1.29 is 19.2 Å². The first-order valence-corrected chi connectivity index (χ1v) is 2.59. The molecule has 0 unspecified atom stereocenters. The molecule has 0 heterocycles. The maximum atomic E-state index is 10.5. The van der Waals surface area contributed by atoms with Crippen LogP contribution < -0.4 is 0 Å². The van der Waals surface area contributed by atoms with E-state index < -0.39 is 16.6 Å². The summed E-state index contributed by atoms with van der Waals surface area (Å²) in [5.74, 6) is -1.03. The molecule has 0 N–H and O–H groups in total. The molecule has 0 aromatic heterocycles. The topological polar surface area (TPSA) is 78.7 Å². The summed E-state index contributed by atoms with van der Waals surface area (Å²) in [4.78, 5) is 19.7. The van der Waals surface area contributed by atoms with Gasteiger partial charge in [0.05, 0.1) is 19.1 Å². The molecular formula is C5H7NO5. The van der Waals surface area contributed by atoms with Gasteiger partial charge in [-0.15, -0.1) is 0 Å². The maximum Gasteiger partial charge on any atom is 0.413 e. The molecule has 6 heteroatoms. The molecule has 6 nitrogen and oxygen atoms in total. The Labute approximate surface area is 62.6 Å². The summed E-state index contributed by atoms with van der Waals surface area (Å²) in [5, 5.41) is 10.0. The fraction of sp³-hybridized carbons (Fsp3) is 0.400. The van der Waals surface area contributed by atoms with Crippen molar-refractivity contribution in [3.63, 3.8) is 0 Å². The van der Waals surface area contributed by atoms with E-state index in [4.69, 9.17) is 0 Å². The van der Waals surface area contributed by atoms with Gasteiger partial charge in [0, 0.05) is 0 Å². The first-order chi connectivity index (χ1) is 5.13. The van der Waals surface area contributed by atoms with E-state index in [1.54, 1.807) is 0 Å². The second-order valence-electron chi connectivity index (χ2n) is 1.49. The number of hydrogen-bond acceptors (Lipinski definition) is 5. The highest BCUT2D eigenvalue weighted by molar-refractivity contribution is 5.85. The average Bonchev–Trinajstić information content (AvgIpc) is 1.98. The summed E-state index contributed by atoms with van der Waals surface area (Å²) >= 11 is 0. The van der Waals surface area contributed by atoms with E-state index in [9.17, 15) is 14.9 Å². The molecule has 0 radical (unpaired) electrons. The Morgan fingerprint density at radius 2 is 2.09 bits per heavy atom. The Bertz CT molecular complexity index is 197. The molecule has 0 saturated heterocycles. The SMILES string of the molecule is CO/C=C(/C(=O)OC)[N+](=O)[O-]. The highest BCUT2D eigenvalue weighted by Gasteiger charge is 2.22. The second-order valence-corrected chi connectivity index (χ2v) is 1.49. The number of esters is 1. The minimum Gasteiger partial charge on any atom is -0.497 e. The van der Waals surface area contributed by atoms with Gasteiger partial charge in [0.2, 0.25) is 0 Å². The van der Waals surface area contributed by atoms with Crippen molar-refractivity contribution >= 4 is 5.97 Å². The molecule has 0 saturated carbocycles. The third-order valence-corrected chi connectivity index (χ3v) is 0.821. The Morgan fingerprint density at radius 1 is 1.55 bits per heavy atom. The Kier molecular flexibility index (Phi) is 3.65. The normalized spacial score (nSPS) is 10.5. The molecular weight excluding hydrogens is 154 g/mol. The average molecular weight is 161 g/mol. The molecule has 0 aliphatic rings. The maximum absolute atomic E-state index is 10.5. The number of carbonyl (C=O) groups is 1. The molecule has 11 heavy (non-hydrogen) atoms. The highest BCUT2D eigenvalue weighted by atomic mass is 16.6. The fourth-order valence-electron chi connectivity index (χ4n) is 0.382. The lowest BCUT2D eigenvalue weighted by atomic mass is 10.5. The van der Waals surface area contributed by atoms with Crippen molar-refractivity contribution in [3.05, 3.63) is 22.1 Å². The van der Waals surface area contributed by atoms with Crippen LogP contribution in [0, 0.1) is 10.1 Å². The summed E-state index contributed by atoms with van der Waals surface area (Å²) in [5.41, 5.74) is -0.727. The molecule has 0 atom stereocenters. The molecule has 0 aliphatic carbocycles. The zero-order valence-corrected chi connectivity index (χ0v) is 6.07. The Hall–Kier alpha value is -1.59. The molecule has 0 aromatic carbocycles. The van der Waals surface area contributed by atoms with Crippen LogP contribution in [0.25, 0.3) is 0 Å². The lowest BCUT2D eigenvalue weighted by Gasteiger charge is -1.94. The van der Waals surface area contributed by atoms with Gasteiger partial charge in [-0.3, -0.25) is 10.1 Å². The van der Waals surface area contributed by atoms with Gasteiger partial charge in [0.25, 0.3) is 0 Å². The summed E-state index contributed by atoms with van der Waals surface area (Å²) in [7, 11) is 2.25. The van der Waals surface area contributed by atoms with E-state index >= 15 is 0 Å². The van der Waals surface area contributed by atoms with E-state index in [2.05, 4.69) is 9.47 Å². The number of nitrogens with zero attached hydrogens (tertiary/aromatic N) is 1. The van der Waals surface area contributed by atoms with E-state index in [0.29, 0.717) is 6.26 Å². The first-order valence-electron chi connectivity index (χ1n) is 2.59. The lowest BCUT2D eigenvalue weighted by Crippen LogP contribution is -2.13. The first kappa shape index (κ1) is 9.41. The van der Waals surface area contributed by atoms with Crippen molar-refractivity contribution in [2.75, 3.05) is 14.2 Å². The quantitative estimate of drug-likeness (QED) is 0.190. The van der Waals surface area contributed by atoms with Gasteiger partial charge in [-0.1, -0.05) is 0 Å². The minimum atomic E-state index is -1.03. The van der Waals surface area contributed by atoms with Crippen LogP contribution in [0.4, 0.5) is 0 Å². The third kappa shape index (κ3) is 2.65. The van der Waals surface area contributed by atoms with Crippen molar-refractivity contribution in [3.8, 4) is 0 Å². The molecule has 62 valence electrons. The monoisotopic (exact) mass is 161 g/mol. The Morgan fingerprint density at radius 3 is 2.36 bits per heavy atom. The van der Waals surface area contributed by atoms with Gasteiger partial charge < -0.3 is 9.47 Å². The lowest BCUT2D eigenvalue weighted by molar-refractivity contribution is -0.422. The Balaban J connectivity index is 4.48. The summed E-state index contributed by atoms with van der Waals surface area (Å²) in [6.07, 6.45) is 0.714. The van der Waals surface area contributed by atoms with Crippen molar-refractivity contribution in [1.29, 1.82) is 0 Å². The second kappa shape index (κ2) is 4.26. The van der Waals surface area contributed by atoms with Crippen molar-refractivity contribution in [1.82, 2.24) is 0 Å². The van der Waals surface area contributed by atoms with Gasteiger partial charge in [-0.2, -0.15) is 0 Å². The molecule has 0 bridgehead atoms. The summed E-state index contributed by atoms with van der Waals surface area (Å²) in [6, 6.07) is 0. The third-order valence-electron chi connectivity index (χ3n) is 0.821. The number of hydrogen-bond donors (Lipinski definition) is 0. The molecule has 0 rings (SSSR count). The number of nitro groups is 1. The van der Waals surface area contributed by atoms with Crippen LogP contribution in [0.1, 0.15) is 0 Å². The van der Waals surface area contributed by atoms with Crippen LogP contribution in [-0.2, 0) is 14.3 Å². The van der Waals surface area contributed by atoms with E-state index in [-0.39, 0.29) is 0 Å². The van der Waals surface area contributed by atoms with Gasteiger partial charge in [-0.25, -0.2) is 4.79 Å². The van der Waals surface area contributed by atoms with Crippen LogP contribution in [-0.4, -0.2) is 25.1 Å². The molecule has 0 fully saturated rings. The van der Waals surface area contributed by atoms with Crippen molar-refractivity contribution in [2.24, 2.45) is 0 Å². The van der Waals surface area contributed by atoms with E-state index in [0.717, 1.165) is 7.11 Å². The smallest absolute Gasteiger partial charge is 0.413 e. The van der Waals surface area contributed by atoms with Gasteiger partial charge in [0.1, 0.15) is 0 Å². The van der Waals surface area contributed by atoms with Crippen molar-refractivity contribution in [2.45, 2.75) is 0 Å². The molecule has 0 spiro atoms. The number of ether oxygens (including phenoxy) is 2. The summed E-state index contributed by atoms with van der Waals surface area (Å²) < 4.78 is 8.38. The molecule has 0 aliphatic heterocycles. The highest BCUT2D eigenvalue weighted by Crippen LogP contribution is 1.97. The zero-order valence-electron chi connectivity index (χ0n) is 6.07. The number of carbonyl (C=O) groups excluding carboxylic acids is 1. The van der Waals surface area contributed by atoms with Crippen LogP contribution >= 0.6 is 0 Å². The van der Waals surface area contributed by atoms with Gasteiger partial charge >= 0.3 is 11.7 Å². The van der Waals surface area contributed by atoms with Gasteiger partial charge in [-0.05, 0) is 0 Å². The predicted molar refractivity (Wildman–Crippen MR) is 34.1 cm³/mol. The fourth-order valence-corrected chi connectivity index (χ4v) is 0.382. The van der Waals surface area contributed by atoms with Crippen LogP contribution in [0.5, 0.6) is 0 Å². The number of methoxy groups -OCH3 is 2. The van der Waals surface area contributed by atoms with Gasteiger partial charge in [0.15, 0.2) is 6.26 Å². The largest absolute Gasteiger partial charge is 0.497 e. The minimum absolute atomic E-state index is 0.714. The van der Waals surface area contributed by atoms with E-state index in [1.165, 1.54) is 7.11 Å². The van der Waals surface area contributed by atoms with Crippen LogP contribution in [0.2, 0.25) is 0 Å². The predicted octanol–water partition coefficient (Wildman–Crippen LogP) is -0.0761. The van der Waals surface area contributed by atoms with Crippen LogP contribution in [0.3, 0.4) is 0 Å². The molecule has 0 aromatic rings.